The fraction of sp³-hybridized carbons (Fsp3) is 0.400. The Bertz CT molecular complexity index is 473. The van der Waals surface area contributed by atoms with Crippen LogP contribution < -0.4 is 5.56 Å². The maximum atomic E-state index is 12.8. The summed E-state index contributed by atoms with van der Waals surface area (Å²) in [6.45, 7) is 1.81. The highest BCUT2D eigenvalue weighted by Crippen LogP contribution is 2.25. The van der Waals surface area contributed by atoms with E-state index in [1.807, 2.05) is 0 Å². The molecular weight excluding hydrogens is 347 g/mol. The average Bonchev–Trinajstić information content (AvgIpc) is 2.23. The molecule has 0 bridgehead atoms. The molecule has 0 saturated heterocycles. The van der Waals surface area contributed by atoms with E-state index in [4.69, 9.17) is 0 Å². The molecule has 0 unspecified atom stereocenters. The minimum Gasteiger partial charge on any atom is -0.466 e. The number of carbonyl (C=O) groups excluding carboxylic acids is 1. The summed E-state index contributed by atoms with van der Waals surface area (Å²) in [6, 6.07) is 0. The van der Waals surface area contributed by atoms with Gasteiger partial charge in [0.1, 0.15) is 0 Å². The monoisotopic (exact) mass is 357 g/mol. The molecule has 1 aromatic rings. The Hall–Kier alpha value is -0.990. The number of nitrogens with one attached hydrogen (secondary N) is 1. The third-order valence-corrected chi connectivity index (χ3v) is 3.09. The zero-order valence-electron chi connectivity index (χ0n) is 8.93. The first-order chi connectivity index (χ1) is 7.97. The van der Waals surface area contributed by atoms with E-state index in [-0.39, 0.29) is 22.2 Å². The summed E-state index contributed by atoms with van der Waals surface area (Å²) in [7, 11) is 0. The van der Waals surface area contributed by atoms with E-state index < -0.39 is 23.5 Å². The SMILES string of the molecule is CCOC(=O)Cc1c[nH]c(=O)c(I)c1C(F)F. The van der Waals surface area contributed by atoms with Gasteiger partial charge in [0, 0.05) is 11.8 Å². The number of aromatic nitrogens is 1. The standard InChI is InChI=1S/C10H10F2INO3/c1-2-17-6(15)3-5-4-14-10(16)8(13)7(5)9(11)12/h4,9H,2-3H2,1H3,(H,14,16). The third kappa shape index (κ3) is 3.48. The Morgan fingerprint density at radius 1 is 1.59 bits per heavy atom. The molecule has 7 heteroatoms. The van der Waals surface area contributed by atoms with Crippen molar-refractivity contribution in [2.75, 3.05) is 6.61 Å². The van der Waals surface area contributed by atoms with Gasteiger partial charge in [0.2, 0.25) is 0 Å². The van der Waals surface area contributed by atoms with Crippen molar-refractivity contribution in [3.8, 4) is 0 Å². The van der Waals surface area contributed by atoms with E-state index in [0.717, 1.165) is 6.20 Å². The van der Waals surface area contributed by atoms with Crippen LogP contribution in [0.1, 0.15) is 24.5 Å². The van der Waals surface area contributed by atoms with Crippen LogP contribution in [-0.2, 0) is 16.0 Å². The number of aromatic amines is 1. The van der Waals surface area contributed by atoms with Crippen LogP contribution in [0.25, 0.3) is 0 Å². The lowest BCUT2D eigenvalue weighted by molar-refractivity contribution is -0.142. The molecule has 0 aromatic carbocycles. The molecule has 0 aliphatic heterocycles. The number of hydrogen-bond acceptors (Lipinski definition) is 3. The highest BCUT2D eigenvalue weighted by molar-refractivity contribution is 14.1. The van der Waals surface area contributed by atoms with E-state index in [0.29, 0.717) is 0 Å². The zero-order chi connectivity index (χ0) is 13.0. The van der Waals surface area contributed by atoms with Gasteiger partial charge in [0.15, 0.2) is 0 Å². The smallest absolute Gasteiger partial charge is 0.310 e. The number of ether oxygens (including phenoxy) is 1. The highest BCUT2D eigenvalue weighted by atomic mass is 127. The molecule has 1 rings (SSSR count). The molecule has 0 spiro atoms. The summed E-state index contributed by atoms with van der Waals surface area (Å²) in [6.07, 6.45) is -1.95. The van der Waals surface area contributed by atoms with Gasteiger partial charge in [-0.05, 0) is 35.1 Å². The maximum absolute atomic E-state index is 12.8. The zero-order valence-corrected chi connectivity index (χ0v) is 11.1. The molecule has 0 atom stereocenters. The fourth-order valence-electron chi connectivity index (χ4n) is 1.31. The van der Waals surface area contributed by atoms with Crippen molar-refractivity contribution < 1.29 is 18.3 Å². The van der Waals surface area contributed by atoms with E-state index in [9.17, 15) is 18.4 Å². The molecule has 0 aliphatic carbocycles. The number of rotatable bonds is 4. The number of esters is 1. The first kappa shape index (κ1) is 14.1. The summed E-state index contributed by atoms with van der Waals surface area (Å²) >= 11 is 1.54. The number of halogens is 3. The van der Waals surface area contributed by atoms with Crippen LogP contribution in [0.4, 0.5) is 8.78 Å². The predicted octanol–water partition coefficient (Wildman–Crippen LogP) is 2.02. The molecule has 4 nitrogen and oxygen atoms in total. The second kappa shape index (κ2) is 6.08. The topological polar surface area (TPSA) is 59.2 Å². The van der Waals surface area contributed by atoms with Gasteiger partial charge >= 0.3 is 5.97 Å². The predicted molar refractivity (Wildman–Crippen MR) is 65.1 cm³/mol. The quantitative estimate of drug-likeness (QED) is 0.663. The summed E-state index contributed by atoms with van der Waals surface area (Å²) in [5.41, 5.74) is -0.904. The molecule has 0 saturated carbocycles. The number of pyridine rings is 1. The van der Waals surface area contributed by atoms with E-state index in [2.05, 4.69) is 9.72 Å². The third-order valence-electron chi connectivity index (χ3n) is 2.02. The first-order valence-corrected chi connectivity index (χ1v) is 5.89. The normalized spacial score (nSPS) is 10.6. The van der Waals surface area contributed by atoms with Gasteiger partial charge in [0.25, 0.3) is 12.0 Å². The molecule has 1 N–H and O–H groups in total. The van der Waals surface area contributed by atoms with E-state index >= 15 is 0 Å². The van der Waals surface area contributed by atoms with Gasteiger partial charge in [0.05, 0.1) is 16.6 Å². The minimum absolute atomic E-state index is 0.0856. The van der Waals surface area contributed by atoms with Crippen LogP contribution >= 0.6 is 22.6 Å². The molecule has 94 valence electrons. The molecule has 0 aliphatic rings. The van der Waals surface area contributed by atoms with Crippen LogP contribution in [0.15, 0.2) is 11.0 Å². The highest BCUT2D eigenvalue weighted by Gasteiger charge is 2.21. The van der Waals surface area contributed by atoms with Crippen molar-refractivity contribution in [2.45, 2.75) is 19.8 Å². The number of hydrogen-bond donors (Lipinski definition) is 1. The lowest BCUT2D eigenvalue weighted by Gasteiger charge is -2.09. The summed E-state index contributed by atoms with van der Waals surface area (Å²) in [5.74, 6) is -0.600. The molecule has 0 radical (unpaired) electrons. The molecule has 1 aromatic heterocycles. The lowest BCUT2D eigenvalue weighted by Crippen LogP contribution is -2.18. The molecule has 0 fully saturated rings. The average molecular weight is 357 g/mol. The van der Waals surface area contributed by atoms with Crippen molar-refractivity contribution in [1.82, 2.24) is 4.98 Å². The van der Waals surface area contributed by atoms with Crippen molar-refractivity contribution in [2.24, 2.45) is 0 Å². The van der Waals surface area contributed by atoms with Gasteiger partial charge in [-0.3, -0.25) is 9.59 Å². The van der Waals surface area contributed by atoms with E-state index in [1.54, 1.807) is 6.92 Å². The van der Waals surface area contributed by atoms with Crippen LogP contribution in [0, 0.1) is 3.57 Å². The van der Waals surface area contributed by atoms with Gasteiger partial charge in [-0.2, -0.15) is 0 Å². The summed E-state index contributed by atoms with van der Waals surface area (Å²) < 4.78 is 30.2. The fourth-order valence-corrected chi connectivity index (χ4v) is 2.04. The summed E-state index contributed by atoms with van der Waals surface area (Å²) in [5, 5.41) is 0. The minimum atomic E-state index is -2.80. The maximum Gasteiger partial charge on any atom is 0.310 e. The van der Waals surface area contributed by atoms with Gasteiger partial charge in [-0.25, -0.2) is 8.78 Å². The van der Waals surface area contributed by atoms with Gasteiger partial charge in [-0.15, -0.1) is 0 Å². The molecule has 1 heterocycles. The van der Waals surface area contributed by atoms with Gasteiger partial charge in [-0.1, -0.05) is 0 Å². The first-order valence-electron chi connectivity index (χ1n) is 4.81. The molecular formula is C10H10F2INO3. The Balaban J connectivity index is 3.11. The Labute approximate surface area is 110 Å². The van der Waals surface area contributed by atoms with Crippen molar-refractivity contribution in [1.29, 1.82) is 0 Å². The summed E-state index contributed by atoms with van der Waals surface area (Å²) in [4.78, 5) is 24.7. The second-order valence-electron chi connectivity index (χ2n) is 3.15. The van der Waals surface area contributed by atoms with Crippen molar-refractivity contribution in [3.63, 3.8) is 0 Å². The molecule has 17 heavy (non-hydrogen) atoms. The Morgan fingerprint density at radius 3 is 2.76 bits per heavy atom. The second-order valence-corrected chi connectivity index (χ2v) is 4.23. The van der Waals surface area contributed by atoms with E-state index in [1.165, 1.54) is 22.6 Å². The lowest BCUT2D eigenvalue weighted by atomic mass is 10.1. The number of carbonyl (C=O) groups is 1. The molecule has 0 amide bonds. The largest absolute Gasteiger partial charge is 0.466 e. The Morgan fingerprint density at radius 2 is 2.24 bits per heavy atom. The van der Waals surface area contributed by atoms with Gasteiger partial charge < -0.3 is 9.72 Å². The Kier molecular flexibility index (Phi) is 5.03. The van der Waals surface area contributed by atoms with Crippen molar-refractivity contribution in [3.05, 3.63) is 31.2 Å². The number of H-pyrrole nitrogens is 1. The van der Waals surface area contributed by atoms with Crippen LogP contribution in [0.5, 0.6) is 0 Å². The van der Waals surface area contributed by atoms with Crippen LogP contribution in [0.3, 0.4) is 0 Å². The van der Waals surface area contributed by atoms with Crippen LogP contribution in [0.2, 0.25) is 0 Å². The van der Waals surface area contributed by atoms with Crippen LogP contribution in [-0.4, -0.2) is 17.6 Å². The van der Waals surface area contributed by atoms with Crippen molar-refractivity contribution >= 4 is 28.6 Å². The number of alkyl halides is 2.